The third kappa shape index (κ3) is 6.02. The first-order chi connectivity index (χ1) is 19.0. The van der Waals surface area contributed by atoms with Crippen LogP contribution in [0.5, 0.6) is 0 Å². The van der Waals surface area contributed by atoms with E-state index in [0.717, 1.165) is 16.6 Å². The summed E-state index contributed by atoms with van der Waals surface area (Å²) in [5.74, 6) is -0.510. The monoisotopic (exact) mass is 525 g/mol. The Labute approximate surface area is 226 Å². The van der Waals surface area contributed by atoms with Gasteiger partial charge in [-0.1, -0.05) is 74.5 Å². The Bertz CT molecular complexity index is 1530. The van der Waals surface area contributed by atoms with Gasteiger partial charge in [0.05, 0.1) is 29.0 Å². The van der Waals surface area contributed by atoms with E-state index in [1.54, 1.807) is 13.2 Å². The van der Waals surface area contributed by atoms with Crippen LogP contribution < -0.4 is 11.1 Å². The van der Waals surface area contributed by atoms with Crippen LogP contribution in [0.25, 0.3) is 11.0 Å². The van der Waals surface area contributed by atoms with E-state index < -0.39 is 12.1 Å². The van der Waals surface area contributed by atoms with Crippen LogP contribution in [0.2, 0.25) is 0 Å². The van der Waals surface area contributed by atoms with Crippen molar-refractivity contribution >= 4 is 40.3 Å². The van der Waals surface area contributed by atoms with Crippen LogP contribution in [-0.2, 0) is 20.8 Å². The first kappa shape index (κ1) is 27.2. The van der Waals surface area contributed by atoms with Gasteiger partial charge >= 0.3 is 0 Å². The third-order valence-electron chi connectivity index (χ3n) is 5.81. The lowest BCUT2D eigenvalue weighted by Crippen LogP contribution is -2.30. The van der Waals surface area contributed by atoms with Crippen molar-refractivity contribution in [3.8, 4) is 0 Å². The molecule has 10 heteroatoms. The molecule has 5 rings (SSSR count). The molecule has 4 aromatic rings. The van der Waals surface area contributed by atoms with E-state index in [1.165, 1.54) is 0 Å². The molecule has 2 heterocycles. The summed E-state index contributed by atoms with van der Waals surface area (Å²) in [5, 5.41) is 11.4. The lowest BCUT2D eigenvalue weighted by Gasteiger charge is -2.11. The summed E-state index contributed by atoms with van der Waals surface area (Å²) in [6.07, 6.45) is -1.22. The maximum absolute atomic E-state index is 13.0. The summed E-state index contributed by atoms with van der Waals surface area (Å²) in [5.41, 5.74) is 10.4. The highest BCUT2D eigenvalue weighted by atomic mass is 16.5. The van der Waals surface area contributed by atoms with Crippen molar-refractivity contribution in [1.29, 1.82) is 5.41 Å². The minimum Gasteiger partial charge on any atom is -0.404 e. The van der Waals surface area contributed by atoms with E-state index >= 15 is 0 Å². The molecule has 1 atom stereocenters. The molecule has 3 aromatic carbocycles. The van der Waals surface area contributed by atoms with Crippen LogP contribution in [0.3, 0.4) is 0 Å². The second-order valence-electron chi connectivity index (χ2n) is 8.22. The van der Waals surface area contributed by atoms with E-state index in [1.807, 2.05) is 91.2 Å². The number of imidazole rings is 1. The summed E-state index contributed by atoms with van der Waals surface area (Å²) in [7, 11) is 1.60. The molecule has 0 saturated heterocycles. The van der Waals surface area contributed by atoms with Gasteiger partial charge in [-0.15, -0.1) is 0 Å². The standard InChI is InChI=1S/C27H25N7O3.C2H6/c1-36-16-15-34-21-14-8-7-13-20(21)30-25(34)23(28)37-27(29)33-24-26(35)31-19-12-6-5-11-18(19)22(32-24)17-9-3-2-4-10-17;1-2/h2-14,24,28H,15-16H2,1H3,(H2,29,33)(H,31,35);1-2H3. The van der Waals surface area contributed by atoms with Gasteiger partial charge in [0.15, 0.2) is 5.82 Å². The van der Waals surface area contributed by atoms with Gasteiger partial charge < -0.3 is 25.1 Å². The normalized spacial score (nSPS) is 14.8. The smallest absolute Gasteiger partial charge is 0.291 e. The average molecular weight is 526 g/mol. The van der Waals surface area contributed by atoms with E-state index in [-0.39, 0.29) is 17.7 Å². The number of hydrogen-bond donors (Lipinski definition) is 3. The minimum absolute atomic E-state index is 0.266. The zero-order chi connectivity index (χ0) is 27.8. The van der Waals surface area contributed by atoms with Gasteiger partial charge in [0, 0.05) is 24.8 Å². The molecule has 0 fully saturated rings. The van der Waals surface area contributed by atoms with Crippen molar-refractivity contribution in [3.63, 3.8) is 0 Å². The third-order valence-corrected chi connectivity index (χ3v) is 5.81. The Hall–Kier alpha value is -4.83. The van der Waals surface area contributed by atoms with Crippen LogP contribution in [0.15, 0.2) is 88.8 Å². The van der Waals surface area contributed by atoms with Crippen LogP contribution >= 0.6 is 0 Å². The van der Waals surface area contributed by atoms with E-state index in [2.05, 4.69) is 20.3 Å². The van der Waals surface area contributed by atoms with Gasteiger partial charge in [-0.05, 0) is 18.2 Å². The number of anilines is 1. The number of carbonyl (C=O) groups is 1. The Balaban J connectivity index is 0.00000172. The summed E-state index contributed by atoms with van der Waals surface area (Å²) in [6.45, 7) is 4.88. The Morgan fingerprint density at radius 3 is 2.51 bits per heavy atom. The maximum atomic E-state index is 13.0. The van der Waals surface area contributed by atoms with Crippen LogP contribution in [0.4, 0.5) is 5.69 Å². The largest absolute Gasteiger partial charge is 0.404 e. The number of ether oxygens (including phenoxy) is 2. The highest BCUT2D eigenvalue weighted by Crippen LogP contribution is 2.24. The van der Waals surface area contributed by atoms with Gasteiger partial charge in [0.1, 0.15) is 0 Å². The van der Waals surface area contributed by atoms with Gasteiger partial charge in [-0.3, -0.25) is 10.2 Å². The maximum Gasteiger partial charge on any atom is 0.291 e. The minimum atomic E-state index is -1.22. The molecule has 39 heavy (non-hydrogen) atoms. The van der Waals surface area contributed by atoms with E-state index in [9.17, 15) is 4.79 Å². The number of amidine groups is 1. The lowest BCUT2D eigenvalue weighted by molar-refractivity contribution is -0.117. The highest BCUT2D eigenvalue weighted by Gasteiger charge is 2.26. The molecule has 200 valence electrons. The van der Waals surface area contributed by atoms with Crippen LogP contribution in [-0.4, -0.2) is 53.0 Å². The first-order valence-corrected chi connectivity index (χ1v) is 12.6. The molecule has 1 aromatic heterocycles. The molecular formula is C29H31N7O3. The molecule has 1 amide bonds. The van der Waals surface area contributed by atoms with Gasteiger partial charge in [-0.2, -0.15) is 4.99 Å². The number of amides is 1. The lowest BCUT2D eigenvalue weighted by atomic mass is 10.0. The van der Waals surface area contributed by atoms with Crippen molar-refractivity contribution in [2.45, 2.75) is 26.6 Å². The Kier molecular flexibility index (Phi) is 8.80. The molecule has 1 aliphatic heterocycles. The number of nitrogens with one attached hydrogen (secondary N) is 2. The topological polar surface area (TPSA) is 140 Å². The van der Waals surface area contributed by atoms with E-state index in [0.29, 0.717) is 30.1 Å². The van der Waals surface area contributed by atoms with Crippen molar-refractivity contribution in [2.24, 2.45) is 15.7 Å². The summed E-state index contributed by atoms with van der Waals surface area (Å²) < 4.78 is 12.6. The van der Waals surface area contributed by atoms with Crippen LogP contribution in [0, 0.1) is 5.41 Å². The molecule has 0 saturated carbocycles. The molecule has 0 aliphatic carbocycles. The van der Waals surface area contributed by atoms with E-state index in [4.69, 9.17) is 20.6 Å². The fraction of sp³-hybridized carbons (Fsp3) is 0.207. The summed E-state index contributed by atoms with van der Waals surface area (Å²) in [4.78, 5) is 26.4. The van der Waals surface area contributed by atoms with Gasteiger partial charge in [-0.25, -0.2) is 9.98 Å². The zero-order valence-electron chi connectivity index (χ0n) is 22.1. The summed E-state index contributed by atoms with van der Waals surface area (Å²) in [6, 6.07) is 24.0. The van der Waals surface area contributed by atoms with Crippen molar-refractivity contribution < 1.29 is 14.3 Å². The number of aliphatic imine (C=N–C) groups is 2. The number of benzene rings is 3. The molecule has 10 nitrogen and oxygen atoms in total. The fourth-order valence-corrected chi connectivity index (χ4v) is 4.11. The number of benzodiazepines with no additional fused rings is 1. The number of fused-ring (bicyclic) bond motifs is 2. The molecule has 1 aliphatic rings. The van der Waals surface area contributed by atoms with Gasteiger partial charge in [0.2, 0.25) is 6.17 Å². The molecule has 0 bridgehead atoms. The van der Waals surface area contributed by atoms with Gasteiger partial charge in [0.25, 0.3) is 17.8 Å². The number of carbonyl (C=O) groups excluding carboxylic acids is 1. The molecule has 4 N–H and O–H groups in total. The fourth-order valence-electron chi connectivity index (χ4n) is 4.11. The second-order valence-corrected chi connectivity index (χ2v) is 8.22. The number of methoxy groups -OCH3 is 1. The number of nitrogens with two attached hydrogens (primary N) is 1. The number of aromatic nitrogens is 2. The number of nitrogens with zero attached hydrogens (tertiary/aromatic N) is 4. The predicted octanol–water partition coefficient (Wildman–Crippen LogP) is 4.18. The Morgan fingerprint density at radius 2 is 1.74 bits per heavy atom. The zero-order valence-corrected chi connectivity index (χ0v) is 22.1. The molecule has 1 unspecified atom stereocenters. The molecule has 0 spiro atoms. The number of para-hydroxylation sites is 3. The number of hydrogen-bond acceptors (Lipinski definition) is 7. The van der Waals surface area contributed by atoms with Crippen molar-refractivity contribution in [3.05, 3.63) is 95.8 Å². The van der Waals surface area contributed by atoms with Crippen molar-refractivity contribution in [1.82, 2.24) is 9.55 Å². The highest BCUT2D eigenvalue weighted by molar-refractivity contribution is 6.19. The summed E-state index contributed by atoms with van der Waals surface area (Å²) >= 11 is 0. The first-order valence-electron chi connectivity index (χ1n) is 12.6. The quantitative estimate of drug-likeness (QED) is 0.256. The predicted molar refractivity (Wildman–Crippen MR) is 153 cm³/mol. The molecule has 0 radical (unpaired) electrons. The SMILES string of the molecule is CC.COCCn1c(C(=N)O/C(N)=N/C2N=C(c3ccccc3)c3ccccc3NC2=O)nc2ccccc21. The van der Waals surface area contributed by atoms with Crippen LogP contribution in [0.1, 0.15) is 30.8 Å². The average Bonchev–Trinajstić information content (AvgIpc) is 3.28. The number of rotatable bonds is 6. The molecular weight excluding hydrogens is 494 g/mol. The Morgan fingerprint density at radius 1 is 1.05 bits per heavy atom. The van der Waals surface area contributed by atoms with Crippen molar-refractivity contribution in [2.75, 3.05) is 19.0 Å². The second kappa shape index (κ2) is 12.6.